The third-order valence-electron chi connectivity index (χ3n) is 5.59. The number of alkyl halides is 3. The molecule has 9 heteroatoms. The molecule has 0 fully saturated rings. The predicted molar refractivity (Wildman–Crippen MR) is 115 cm³/mol. The number of fused-ring (bicyclic) bond motifs is 1. The molecule has 0 unspecified atom stereocenters. The van der Waals surface area contributed by atoms with Crippen molar-refractivity contribution in [2.24, 2.45) is 0 Å². The second-order valence-corrected chi connectivity index (χ2v) is 8.01. The third-order valence-corrected chi connectivity index (χ3v) is 5.59. The lowest BCUT2D eigenvalue weighted by Gasteiger charge is -2.34. The van der Waals surface area contributed by atoms with Crippen molar-refractivity contribution in [1.82, 2.24) is 9.78 Å². The fourth-order valence-corrected chi connectivity index (χ4v) is 3.82. The average Bonchev–Trinajstić information content (AvgIpc) is 3.17. The highest BCUT2D eigenvalue weighted by atomic mass is 19.4. The highest BCUT2D eigenvalue weighted by molar-refractivity contribution is 6.07. The number of carbonyl (C=O) groups is 1. The van der Waals surface area contributed by atoms with E-state index in [4.69, 9.17) is 0 Å². The van der Waals surface area contributed by atoms with Gasteiger partial charge in [0.1, 0.15) is 11.4 Å². The van der Waals surface area contributed by atoms with Crippen LogP contribution in [0.3, 0.4) is 0 Å². The first-order chi connectivity index (χ1) is 15.1. The molecular formula is C23H23F3N4O2. The van der Waals surface area contributed by atoms with Crippen LogP contribution in [0.15, 0.2) is 54.7 Å². The van der Waals surface area contributed by atoms with Gasteiger partial charge >= 0.3 is 6.18 Å². The topological polar surface area (TPSA) is 79.2 Å². The van der Waals surface area contributed by atoms with E-state index in [0.29, 0.717) is 16.8 Å². The lowest BCUT2D eigenvalue weighted by Crippen LogP contribution is -2.36. The Morgan fingerprint density at radius 1 is 1.25 bits per heavy atom. The summed E-state index contributed by atoms with van der Waals surface area (Å²) in [4.78, 5) is 12.9. The first-order valence-electron chi connectivity index (χ1n) is 10.2. The number of halogens is 3. The molecule has 1 aliphatic rings. The number of nitrogens with zero attached hydrogens (tertiary/aromatic N) is 2. The minimum atomic E-state index is -4.52. The van der Waals surface area contributed by atoms with Gasteiger partial charge in [-0.25, -0.2) is 4.68 Å². The predicted octanol–water partition coefficient (Wildman–Crippen LogP) is 5.16. The number of aromatic nitrogens is 2. The Morgan fingerprint density at radius 3 is 2.62 bits per heavy atom. The van der Waals surface area contributed by atoms with Crippen molar-refractivity contribution in [2.75, 3.05) is 10.6 Å². The van der Waals surface area contributed by atoms with Crippen LogP contribution in [0.1, 0.15) is 58.6 Å². The summed E-state index contributed by atoms with van der Waals surface area (Å²) in [6, 6.07) is 11.4. The molecule has 1 aliphatic heterocycles. The van der Waals surface area contributed by atoms with Gasteiger partial charge in [-0.2, -0.15) is 18.3 Å². The number of aryl methyl sites for hydroxylation is 1. The number of anilines is 2. The van der Waals surface area contributed by atoms with Gasteiger partial charge in [0.15, 0.2) is 6.04 Å². The quantitative estimate of drug-likeness (QED) is 0.520. The van der Waals surface area contributed by atoms with Crippen LogP contribution in [-0.4, -0.2) is 27.0 Å². The Morgan fingerprint density at radius 2 is 1.97 bits per heavy atom. The van der Waals surface area contributed by atoms with Gasteiger partial charge in [0.05, 0.1) is 18.3 Å². The van der Waals surface area contributed by atoms with Crippen molar-refractivity contribution >= 4 is 17.4 Å². The first-order valence-corrected chi connectivity index (χ1v) is 10.2. The van der Waals surface area contributed by atoms with Gasteiger partial charge in [-0.15, -0.1) is 0 Å². The van der Waals surface area contributed by atoms with Crippen molar-refractivity contribution in [1.29, 1.82) is 0 Å². The minimum Gasteiger partial charge on any atom is -0.389 e. The molecule has 0 spiro atoms. The van der Waals surface area contributed by atoms with Crippen molar-refractivity contribution in [3.05, 3.63) is 77.0 Å². The van der Waals surface area contributed by atoms with E-state index in [-0.39, 0.29) is 17.8 Å². The van der Waals surface area contributed by atoms with Gasteiger partial charge in [-0.3, -0.25) is 4.79 Å². The van der Waals surface area contributed by atoms with Crippen molar-refractivity contribution < 1.29 is 23.1 Å². The van der Waals surface area contributed by atoms with Gasteiger partial charge in [0, 0.05) is 12.1 Å². The minimum absolute atomic E-state index is 0.0125. The molecule has 32 heavy (non-hydrogen) atoms. The second kappa shape index (κ2) is 8.31. The Hall–Kier alpha value is -3.33. The van der Waals surface area contributed by atoms with Gasteiger partial charge in [0.2, 0.25) is 0 Å². The maximum absolute atomic E-state index is 13.8. The van der Waals surface area contributed by atoms with E-state index < -0.39 is 30.3 Å². The monoisotopic (exact) mass is 444 g/mol. The van der Waals surface area contributed by atoms with E-state index in [9.17, 15) is 23.1 Å². The molecule has 2 aromatic carbocycles. The molecule has 1 amide bonds. The normalized spacial score (nSPS) is 19.1. The van der Waals surface area contributed by atoms with Crippen molar-refractivity contribution in [3.63, 3.8) is 0 Å². The lowest BCUT2D eigenvalue weighted by molar-refractivity contribution is -0.173. The molecule has 3 N–H and O–H groups in total. The van der Waals surface area contributed by atoms with Crippen LogP contribution in [0.4, 0.5) is 24.7 Å². The average molecular weight is 444 g/mol. The standard InChI is InChI=1S/C23H23F3N4O2/c1-13-6-8-15(9-7-13)19-11-20(23(24,25)26)30-21(29-19)18(12-27-30)22(32)28-17-5-3-4-16(10-17)14(2)31/h3-10,12,14,19-20,29,31H,11H2,1-2H3,(H,28,32)/t14-,19-,20-/m0/s1. The first kappa shape index (κ1) is 21.9. The van der Waals surface area contributed by atoms with Crippen LogP contribution < -0.4 is 10.6 Å². The molecule has 3 aromatic rings. The molecule has 4 rings (SSSR count). The molecule has 0 saturated heterocycles. The van der Waals surface area contributed by atoms with E-state index in [1.54, 1.807) is 43.3 Å². The Balaban J connectivity index is 1.67. The number of nitrogens with one attached hydrogen (secondary N) is 2. The molecule has 6 nitrogen and oxygen atoms in total. The van der Waals surface area contributed by atoms with E-state index in [1.165, 1.54) is 0 Å². The van der Waals surface area contributed by atoms with E-state index in [1.807, 2.05) is 19.1 Å². The maximum Gasteiger partial charge on any atom is 0.410 e. The molecule has 2 heterocycles. The molecule has 168 valence electrons. The zero-order valence-corrected chi connectivity index (χ0v) is 17.5. The number of hydrogen-bond donors (Lipinski definition) is 3. The van der Waals surface area contributed by atoms with Crippen LogP contribution >= 0.6 is 0 Å². The number of rotatable bonds is 4. The summed E-state index contributed by atoms with van der Waals surface area (Å²) in [5.41, 5.74) is 2.74. The zero-order valence-electron chi connectivity index (χ0n) is 17.5. The zero-order chi connectivity index (χ0) is 23.0. The molecule has 0 radical (unpaired) electrons. The summed E-state index contributed by atoms with van der Waals surface area (Å²) < 4.78 is 42.4. The third kappa shape index (κ3) is 4.34. The van der Waals surface area contributed by atoms with Crippen LogP contribution in [0.5, 0.6) is 0 Å². The Labute approximate surface area is 183 Å². The molecule has 1 aromatic heterocycles. The van der Waals surface area contributed by atoms with Gasteiger partial charge in [0.25, 0.3) is 5.91 Å². The SMILES string of the molecule is Cc1ccc([C@@H]2C[C@@H](C(F)(F)F)n3ncc(C(=O)Nc4cccc([C@H](C)O)c4)c3N2)cc1. The maximum atomic E-state index is 13.8. The number of aliphatic hydroxyl groups is 1. The largest absolute Gasteiger partial charge is 0.410 e. The van der Waals surface area contributed by atoms with Crippen LogP contribution in [0.2, 0.25) is 0 Å². The number of amides is 1. The highest BCUT2D eigenvalue weighted by Crippen LogP contribution is 2.44. The fraction of sp³-hybridized carbons (Fsp3) is 0.304. The molecule has 0 bridgehead atoms. The second-order valence-electron chi connectivity index (χ2n) is 8.01. The highest BCUT2D eigenvalue weighted by Gasteiger charge is 2.47. The van der Waals surface area contributed by atoms with E-state index in [2.05, 4.69) is 15.7 Å². The van der Waals surface area contributed by atoms with Gasteiger partial charge in [-0.1, -0.05) is 42.0 Å². The smallest absolute Gasteiger partial charge is 0.389 e. The van der Waals surface area contributed by atoms with Crippen LogP contribution in [-0.2, 0) is 0 Å². The van der Waals surface area contributed by atoms with Gasteiger partial charge in [-0.05, 0) is 37.1 Å². The summed E-state index contributed by atoms with van der Waals surface area (Å²) in [5.74, 6) is -0.569. The van der Waals surface area contributed by atoms with Crippen LogP contribution in [0, 0.1) is 6.92 Å². The van der Waals surface area contributed by atoms with Crippen molar-refractivity contribution in [2.45, 2.75) is 44.6 Å². The summed E-state index contributed by atoms with van der Waals surface area (Å²) in [5, 5.41) is 19.4. The summed E-state index contributed by atoms with van der Waals surface area (Å²) >= 11 is 0. The van der Waals surface area contributed by atoms with Crippen LogP contribution in [0.25, 0.3) is 0 Å². The van der Waals surface area contributed by atoms with Crippen molar-refractivity contribution in [3.8, 4) is 0 Å². The summed E-state index contributed by atoms with van der Waals surface area (Å²) in [7, 11) is 0. The summed E-state index contributed by atoms with van der Waals surface area (Å²) in [6.07, 6.45) is -4.34. The van der Waals surface area contributed by atoms with E-state index in [0.717, 1.165) is 16.4 Å². The molecule has 3 atom stereocenters. The molecule has 0 aliphatic carbocycles. The number of hydrogen-bond acceptors (Lipinski definition) is 4. The Bertz CT molecular complexity index is 1120. The number of aliphatic hydroxyl groups excluding tert-OH is 1. The fourth-order valence-electron chi connectivity index (χ4n) is 3.82. The number of benzene rings is 2. The van der Waals surface area contributed by atoms with Gasteiger partial charge < -0.3 is 15.7 Å². The summed E-state index contributed by atoms with van der Waals surface area (Å²) in [6.45, 7) is 3.50. The van der Waals surface area contributed by atoms with E-state index >= 15 is 0 Å². The lowest BCUT2D eigenvalue weighted by atomic mass is 9.96. The molecule has 0 saturated carbocycles. The Kier molecular flexibility index (Phi) is 5.68. The molecular weight excluding hydrogens is 421 g/mol. The number of carbonyl (C=O) groups excluding carboxylic acids is 1.